The molecule has 3 aromatic rings. The topological polar surface area (TPSA) is 51.0 Å². The lowest BCUT2D eigenvalue weighted by Crippen LogP contribution is -2.33. The highest BCUT2D eigenvalue weighted by atomic mass is 32.1. The van der Waals surface area contributed by atoms with Gasteiger partial charge in [-0.15, -0.1) is 11.3 Å². The molecule has 140 valence electrons. The number of thiazole rings is 1. The van der Waals surface area contributed by atoms with Crippen molar-refractivity contribution in [1.29, 1.82) is 0 Å². The second-order valence-corrected chi connectivity index (χ2v) is 8.21. The third-order valence-electron chi connectivity index (χ3n) is 5.43. The fourth-order valence-electron chi connectivity index (χ4n) is 4.01. The second kappa shape index (κ2) is 7.27. The van der Waals surface area contributed by atoms with Crippen molar-refractivity contribution < 1.29 is 4.79 Å². The molecule has 6 heteroatoms. The SMILES string of the molecule is Cc1nc(-c2cc(C)n(CC(=O)N3CCCC3c3ccncc3)c2C)cs1. The summed E-state index contributed by atoms with van der Waals surface area (Å²) in [4.78, 5) is 23.9. The number of likely N-dealkylation sites (tertiary alicyclic amines) is 1. The van der Waals surface area contributed by atoms with Crippen molar-refractivity contribution in [3.05, 3.63) is 57.9 Å². The van der Waals surface area contributed by atoms with E-state index in [-0.39, 0.29) is 11.9 Å². The quantitative estimate of drug-likeness (QED) is 0.678. The van der Waals surface area contributed by atoms with Crippen molar-refractivity contribution in [2.75, 3.05) is 6.54 Å². The van der Waals surface area contributed by atoms with Gasteiger partial charge in [0.05, 0.1) is 16.7 Å². The second-order valence-electron chi connectivity index (χ2n) is 7.15. The number of pyridine rings is 1. The average molecular weight is 381 g/mol. The van der Waals surface area contributed by atoms with E-state index in [1.807, 2.05) is 24.0 Å². The minimum atomic E-state index is 0.164. The number of hydrogen-bond donors (Lipinski definition) is 0. The van der Waals surface area contributed by atoms with Gasteiger partial charge in [-0.25, -0.2) is 4.98 Å². The van der Waals surface area contributed by atoms with E-state index in [4.69, 9.17) is 0 Å². The zero-order valence-electron chi connectivity index (χ0n) is 16.0. The predicted molar refractivity (Wildman–Crippen MR) is 108 cm³/mol. The Bertz CT molecular complexity index is 960. The van der Waals surface area contributed by atoms with Crippen LogP contribution < -0.4 is 0 Å². The molecule has 3 aromatic heterocycles. The summed E-state index contributed by atoms with van der Waals surface area (Å²) in [5.74, 6) is 0.178. The Kier molecular flexibility index (Phi) is 4.83. The number of rotatable bonds is 4. The maximum atomic E-state index is 13.1. The molecule has 0 aromatic carbocycles. The standard InChI is InChI=1S/C21H24N4OS/c1-14-11-18(19-13-27-16(3)23-19)15(2)25(14)12-21(26)24-10-4-5-20(24)17-6-8-22-9-7-17/h6-9,11,13,20H,4-5,10,12H2,1-3H3. The molecule has 0 aliphatic carbocycles. The first kappa shape index (κ1) is 17.9. The van der Waals surface area contributed by atoms with E-state index in [0.29, 0.717) is 6.54 Å². The molecular formula is C21H24N4OS. The average Bonchev–Trinajstić information content (AvgIpc) is 3.38. The van der Waals surface area contributed by atoms with Gasteiger partial charge in [0.1, 0.15) is 6.54 Å². The Labute approximate surface area is 163 Å². The number of nitrogens with zero attached hydrogens (tertiary/aromatic N) is 4. The summed E-state index contributed by atoms with van der Waals surface area (Å²) in [5.41, 5.74) is 5.50. The van der Waals surface area contributed by atoms with Crippen LogP contribution in [0.2, 0.25) is 0 Å². The molecule has 0 bridgehead atoms. The third-order valence-corrected chi connectivity index (χ3v) is 6.20. The van der Waals surface area contributed by atoms with Gasteiger partial charge in [0.2, 0.25) is 5.91 Å². The first-order valence-electron chi connectivity index (χ1n) is 9.33. The zero-order chi connectivity index (χ0) is 19.0. The van der Waals surface area contributed by atoms with Crippen molar-refractivity contribution >= 4 is 17.2 Å². The normalized spacial score (nSPS) is 16.9. The number of amides is 1. The fourth-order valence-corrected chi connectivity index (χ4v) is 4.63. The lowest BCUT2D eigenvalue weighted by molar-refractivity contribution is -0.132. The van der Waals surface area contributed by atoms with Crippen LogP contribution in [0.25, 0.3) is 11.3 Å². The minimum absolute atomic E-state index is 0.164. The van der Waals surface area contributed by atoms with E-state index >= 15 is 0 Å². The molecule has 1 atom stereocenters. The molecule has 0 spiro atoms. The summed E-state index contributed by atoms with van der Waals surface area (Å²) in [7, 11) is 0. The van der Waals surface area contributed by atoms with E-state index in [1.165, 1.54) is 5.56 Å². The summed E-state index contributed by atoms with van der Waals surface area (Å²) >= 11 is 1.65. The molecule has 4 heterocycles. The number of aromatic nitrogens is 3. The van der Waals surface area contributed by atoms with Crippen molar-refractivity contribution in [2.24, 2.45) is 0 Å². The van der Waals surface area contributed by atoms with Crippen LogP contribution in [0.3, 0.4) is 0 Å². The van der Waals surface area contributed by atoms with Gasteiger partial charge in [-0.3, -0.25) is 9.78 Å². The molecule has 0 saturated carbocycles. The monoisotopic (exact) mass is 380 g/mol. The van der Waals surface area contributed by atoms with Gasteiger partial charge in [-0.05, 0) is 57.4 Å². The largest absolute Gasteiger partial charge is 0.339 e. The van der Waals surface area contributed by atoms with E-state index < -0.39 is 0 Å². The van der Waals surface area contributed by atoms with E-state index in [9.17, 15) is 4.79 Å². The van der Waals surface area contributed by atoms with Crippen molar-refractivity contribution in [1.82, 2.24) is 19.4 Å². The van der Waals surface area contributed by atoms with Crippen LogP contribution in [0.4, 0.5) is 0 Å². The predicted octanol–water partition coefficient (Wildman–Crippen LogP) is 4.30. The molecule has 1 fully saturated rings. The van der Waals surface area contributed by atoms with Crippen LogP contribution >= 0.6 is 11.3 Å². The van der Waals surface area contributed by atoms with E-state index in [2.05, 4.69) is 39.8 Å². The lowest BCUT2D eigenvalue weighted by atomic mass is 10.1. The smallest absolute Gasteiger partial charge is 0.243 e. The molecule has 0 N–H and O–H groups in total. The molecule has 1 aliphatic rings. The van der Waals surface area contributed by atoms with Crippen LogP contribution in [0.5, 0.6) is 0 Å². The van der Waals surface area contributed by atoms with Gasteiger partial charge in [-0.2, -0.15) is 0 Å². The van der Waals surface area contributed by atoms with Gasteiger partial charge in [-0.1, -0.05) is 0 Å². The maximum absolute atomic E-state index is 13.1. The highest BCUT2D eigenvalue weighted by molar-refractivity contribution is 7.09. The molecule has 0 radical (unpaired) electrons. The van der Waals surface area contributed by atoms with Crippen LogP contribution in [-0.4, -0.2) is 31.9 Å². The first-order valence-corrected chi connectivity index (χ1v) is 10.2. The van der Waals surface area contributed by atoms with Crippen LogP contribution in [-0.2, 0) is 11.3 Å². The molecule has 5 nitrogen and oxygen atoms in total. The molecule has 1 aliphatic heterocycles. The summed E-state index contributed by atoms with van der Waals surface area (Å²) in [6, 6.07) is 6.34. The third kappa shape index (κ3) is 3.41. The Morgan fingerprint density at radius 1 is 1.26 bits per heavy atom. The number of carbonyl (C=O) groups is 1. The van der Waals surface area contributed by atoms with Gasteiger partial charge < -0.3 is 9.47 Å². The number of hydrogen-bond acceptors (Lipinski definition) is 4. The van der Waals surface area contributed by atoms with Gasteiger partial charge in [0.25, 0.3) is 0 Å². The van der Waals surface area contributed by atoms with Gasteiger partial charge in [0.15, 0.2) is 0 Å². The number of aryl methyl sites for hydroxylation is 2. The highest BCUT2D eigenvalue weighted by Gasteiger charge is 2.30. The van der Waals surface area contributed by atoms with Crippen molar-refractivity contribution in [2.45, 2.75) is 46.2 Å². The zero-order valence-corrected chi connectivity index (χ0v) is 16.8. The van der Waals surface area contributed by atoms with Gasteiger partial charge in [0, 0.05) is 41.3 Å². The van der Waals surface area contributed by atoms with Crippen molar-refractivity contribution in [3.63, 3.8) is 0 Å². The van der Waals surface area contributed by atoms with E-state index in [1.54, 1.807) is 23.7 Å². The lowest BCUT2D eigenvalue weighted by Gasteiger charge is -2.26. The Balaban J connectivity index is 1.57. The van der Waals surface area contributed by atoms with Crippen LogP contribution in [0, 0.1) is 20.8 Å². The fraction of sp³-hybridized carbons (Fsp3) is 0.381. The summed E-state index contributed by atoms with van der Waals surface area (Å²) in [6.07, 6.45) is 5.67. The summed E-state index contributed by atoms with van der Waals surface area (Å²) in [6.45, 7) is 7.36. The Morgan fingerprint density at radius 3 is 2.74 bits per heavy atom. The molecular weight excluding hydrogens is 356 g/mol. The van der Waals surface area contributed by atoms with Crippen LogP contribution in [0.15, 0.2) is 36.0 Å². The molecule has 1 saturated heterocycles. The molecule has 4 rings (SSSR count). The Hall–Kier alpha value is -2.47. The summed E-state index contributed by atoms with van der Waals surface area (Å²) in [5, 5.41) is 3.14. The van der Waals surface area contributed by atoms with Gasteiger partial charge >= 0.3 is 0 Å². The van der Waals surface area contributed by atoms with Crippen molar-refractivity contribution in [3.8, 4) is 11.3 Å². The molecule has 1 amide bonds. The molecule has 27 heavy (non-hydrogen) atoms. The maximum Gasteiger partial charge on any atom is 0.243 e. The first-order chi connectivity index (χ1) is 13.0. The minimum Gasteiger partial charge on any atom is -0.339 e. The highest BCUT2D eigenvalue weighted by Crippen LogP contribution is 2.33. The van der Waals surface area contributed by atoms with Crippen LogP contribution in [0.1, 0.15) is 40.8 Å². The molecule has 1 unspecified atom stereocenters. The number of carbonyl (C=O) groups excluding carboxylic acids is 1. The summed E-state index contributed by atoms with van der Waals surface area (Å²) < 4.78 is 2.12. The van der Waals surface area contributed by atoms with E-state index in [0.717, 1.165) is 47.0 Å². The Morgan fingerprint density at radius 2 is 2.04 bits per heavy atom.